The van der Waals surface area contributed by atoms with Crippen LogP contribution in [0.15, 0.2) is 70.5 Å². The van der Waals surface area contributed by atoms with Gasteiger partial charge < -0.3 is 5.32 Å². The molecule has 0 bridgehead atoms. The molecule has 3 rings (SSSR count). The molecule has 2 aromatic carbocycles. The SMILES string of the molecule is C=CCN1C(=O)C(CC(=O)Nc2ccc(Cl)cc2)S/C1=N\S(=O)(=O)c1ccc(C)cc1. The molecule has 7 nitrogen and oxygen atoms in total. The second-order valence-electron chi connectivity index (χ2n) is 6.77. The van der Waals surface area contributed by atoms with Crippen molar-refractivity contribution in [2.45, 2.75) is 23.5 Å². The highest BCUT2D eigenvalue weighted by Gasteiger charge is 2.39. The van der Waals surface area contributed by atoms with E-state index in [4.69, 9.17) is 11.6 Å². The number of nitrogens with one attached hydrogen (secondary N) is 1. The monoisotopic (exact) mass is 477 g/mol. The molecule has 0 aromatic heterocycles. The standard InChI is InChI=1S/C21H20ClN3O4S2/c1-3-12-25-20(27)18(13-19(26)23-16-8-6-15(22)7-9-16)30-21(25)24-31(28,29)17-10-4-14(2)5-11-17/h3-11,18H,1,12-13H2,2H3,(H,23,26)/b24-21-. The molecule has 1 heterocycles. The quantitative estimate of drug-likeness (QED) is 0.611. The molecular formula is C21H20ClN3O4S2. The molecule has 1 aliphatic heterocycles. The molecule has 2 aromatic rings. The molecule has 0 radical (unpaired) electrons. The van der Waals surface area contributed by atoms with Gasteiger partial charge in [-0.15, -0.1) is 11.0 Å². The van der Waals surface area contributed by atoms with Crippen molar-refractivity contribution in [2.75, 3.05) is 11.9 Å². The molecule has 0 saturated carbocycles. The molecule has 1 saturated heterocycles. The number of aryl methyl sites for hydroxylation is 1. The van der Waals surface area contributed by atoms with Crippen LogP contribution in [0, 0.1) is 6.92 Å². The smallest absolute Gasteiger partial charge is 0.284 e. The van der Waals surface area contributed by atoms with Crippen molar-refractivity contribution < 1.29 is 18.0 Å². The van der Waals surface area contributed by atoms with Crippen LogP contribution in [0.2, 0.25) is 5.02 Å². The minimum absolute atomic E-state index is 0.0229. The maximum absolute atomic E-state index is 12.8. The van der Waals surface area contributed by atoms with Gasteiger partial charge in [0.25, 0.3) is 10.0 Å². The number of sulfonamides is 1. The summed E-state index contributed by atoms with van der Waals surface area (Å²) in [5, 5.41) is 2.47. The Bertz CT molecular complexity index is 1130. The van der Waals surface area contributed by atoms with E-state index < -0.39 is 21.2 Å². The highest BCUT2D eigenvalue weighted by molar-refractivity contribution is 8.16. The summed E-state index contributed by atoms with van der Waals surface area (Å²) < 4.78 is 29.3. The molecule has 1 atom stereocenters. The van der Waals surface area contributed by atoms with E-state index in [2.05, 4.69) is 16.3 Å². The molecular weight excluding hydrogens is 458 g/mol. The first-order valence-electron chi connectivity index (χ1n) is 9.25. The lowest BCUT2D eigenvalue weighted by Crippen LogP contribution is -2.33. The molecule has 162 valence electrons. The molecule has 1 fully saturated rings. The van der Waals surface area contributed by atoms with E-state index in [9.17, 15) is 18.0 Å². The highest BCUT2D eigenvalue weighted by atomic mass is 35.5. The number of halogens is 1. The number of nitrogens with zero attached hydrogens (tertiary/aromatic N) is 2. The van der Waals surface area contributed by atoms with Crippen LogP contribution in [-0.4, -0.2) is 42.1 Å². The van der Waals surface area contributed by atoms with E-state index >= 15 is 0 Å². The average molecular weight is 478 g/mol. The van der Waals surface area contributed by atoms with Crippen LogP contribution in [0.25, 0.3) is 0 Å². The Morgan fingerprint density at radius 3 is 2.48 bits per heavy atom. The zero-order chi connectivity index (χ0) is 22.6. The Hall–Kier alpha value is -2.62. The van der Waals surface area contributed by atoms with Crippen LogP contribution >= 0.6 is 23.4 Å². The Morgan fingerprint density at radius 1 is 1.23 bits per heavy atom. The van der Waals surface area contributed by atoms with E-state index in [1.165, 1.54) is 23.1 Å². The van der Waals surface area contributed by atoms with Crippen molar-refractivity contribution in [3.63, 3.8) is 0 Å². The van der Waals surface area contributed by atoms with E-state index in [0.717, 1.165) is 17.3 Å². The van der Waals surface area contributed by atoms with Crippen molar-refractivity contribution in [3.05, 3.63) is 71.8 Å². The van der Waals surface area contributed by atoms with Crippen LogP contribution in [0.4, 0.5) is 5.69 Å². The van der Waals surface area contributed by atoms with E-state index in [1.807, 2.05) is 6.92 Å². The lowest BCUT2D eigenvalue weighted by molar-refractivity contribution is -0.127. The number of anilines is 1. The fourth-order valence-corrected chi connectivity index (χ4v) is 5.28. The molecule has 10 heteroatoms. The summed E-state index contributed by atoms with van der Waals surface area (Å²) >= 11 is 6.79. The molecule has 2 amide bonds. The molecule has 1 N–H and O–H groups in total. The number of thioether (sulfide) groups is 1. The molecule has 0 aliphatic carbocycles. The Kier molecular flexibility index (Phi) is 7.19. The Labute approximate surface area is 190 Å². The Morgan fingerprint density at radius 2 is 1.87 bits per heavy atom. The lowest BCUT2D eigenvalue weighted by atomic mass is 10.2. The fourth-order valence-electron chi connectivity index (χ4n) is 2.79. The predicted molar refractivity (Wildman–Crippen MR) is 124 cm³/mol. The summed E-state index contributed by atoms with van der Waals surface area (Å²) in [4.78, 5) is 26.4. The number of hydrogen-bond acceptors (Lipinski definition) is 5. The second kappa shape index (κ2) is 9.67. The maximum atomic E-state index is 12.8. The predicted octanol–water partition coefficient (Wildman–Crippen LogP) is 3.85. The average Bonchev–Trinajstić information content (AvgIpc) is 2.98. The fraction of sp³-hybridized carbons (Fsp3) is 0.190. The third-order valence-corrected chi connectivity index (χ3v) is 7.17. The van der Waals surface area contributed by atoms with E-state index in [0.29, 0.717) is 10.7 Å². The Balaban J connectivity index is 1.78. The second-order valence-corrected chi connectivity index (χ2v) is 9.98. The van der Waals surface area contributed by atoms with Gasteiger partial charge in [-0.05, 0) is 43.3 Å². The first-order chi connectivity index (χ1) is 14.7. The highest BCUT2D eigenvalue weighted by Crippen LogP contribution is 2.31. The molecule has 0 spiro atoms. The number of carbonyl (C=O) groups excluding carboxylic acids is 2. The van der Waals surface area contributed by atoms with Crippen LogP contribution in [0.1, 0.15) is 12.0 Å². The number of carbonyl (C=O) groups is 2. The summed E-state index contributed by atoms with van der Waals surface area (Å²) in [6, 6.07) is 12.8. The van der Waals surface area contributed by atoms with Crippen molar-refractivity contribution in [1.82, 2.24) is 4.90 Å². The van der Waals surface area contributed by atoms with Crippen LogP contribution < -0.4 is 5.32 Å². The molecule has 1 unspecified atom stereocenters. The maximum Gasteiger partial charge on any atom is 0.284 e. The van der Waals surface area contributed by atoms with E-state index in [-0.39, 0.29) is 28.9 Å². The zero-order valence-corrected chi connectivity index (χ0v) is 19.0. The lowest BCUT2D eigenvalue weighted by Gasteiger charge is -2.13. The topological polar surface area (TPSA) is 95.9 Å². The third kappa shape index (κ3) is 5.75. The summed E-state index contributed by atoms with van der Waals surface area (Å²) in [5.74, 6) is -0.775. The van der Waals surface area contributed by atoms with Gasteiger partial charge in [-0.3, -0.25) is 14.5 Å². The van der Waals surface area contributed by atoms with Gasteiger partial charge in [-0.2, -0.15) is 8.42 Å². The van der Waals surface area contributed by atoms with Gasteiger partial charge in [-0.25, -0.2) is 0 Å². The number of hydrogen-bond donors (Lipinski definition) is 1. The van der Waals surface area contributed by atoms with Crippen molar-refractivity contribution in [1.29, 1.82) is 0 Å². The minimum Gasteiger partial charge on any atom is -0.326 e. The van der Waals surface area contributed by atoms with Gasteiger partial charge in [-0.1, -0.05) is 47.1 Å². The van der Waals surface area contributed by atoms with Crippen molar-refractivity contribution in [3.8, 4) is 0 Å². The number of benzene rings is 2. The summed E-state index contributed by atoms with van der Waals surface area (Å²) in [5.41, 5.74) is 1.46. The zero-order valence-electron chi connectivity index (χ0n) is 16.6. The molecule has 31 heavy (non-hydrogen) atoms. The van der Waals surface area contributed by atoms with Gasteiger partial charge in [0, 0.05) is 23.7 Å². The normalized spacial score (nSPS) is 17.7. The molecule has 1 aliphatic rings. The van der Waals surface area contributed by atoms with Gasteiger partial charge in [0.1, 0.15) is 5.25 Å². The number of amidine groups is 1. The number of rotatable bonds is 7. The van der Waals surface area contributed by atoms with Gasteiger partial charge in [0.05, 0.1) is 4.90 Å². The minimum atomic E-state index is -4.01. The van der Waals surface area contributed by atoms with Crippen molar-refractivity contribution in [2.24, 2.45) is 4.40 Å². The van der Waals surface area contributed by atoms with Crippen LogP contribution in [-0.2, 0) is 19.6 Å². The van der Waals surface area contributed by atoms with Gasteiger partial charge >= 0.3 is 0 Å². The summed E-state index contributed by atoms with van der Waals surface area (Å²) in [6.07, 6.45) is 1.34. The van der Waals surface area contributed by atoms with Gasteiger partial charge in [0.15, 0.2) is 5.17 Å². The van der Waals surface area contributed by atoms with Gasteiger partial charge in [0.2, 0.25) is 11.8 Å². The summed E-state index contributed by atoms with van der Waals surface area (Å²) in [6.45, 7) is 5.54. The largest absolute Gasteiger partial charge is 0.326 e. The van der Waals surface area contributed by atoms with Crippen LogP contribution in [0.3, 0.4) is 0 Å². The first kappa shape index (κ1) is 23.1. The van der Waals surface area contributed by atoms with Crippen LogP contribution in [0.5, 0.6) is 0 Å². The number of amides is 2. The van der Waals surface area contributed by atoms with E-state index in [1.54, 1.807) is 36.4 Å². The first-order valence-corrected chi connectivity index (χ1v) is 12.0. The third-order valence-electron chi connectivity index (χ3n) is 4.35. The summed E-state index contributed by atoms with van der Waals surface area (Å²) in [7, 11) is -4.01. The van der Waals surface area contributed by atoms with Crippen molar-refractivity contribution >= 4 is 56.1 Å².